The number of rotatable bonds is 7. The molecule has 1 aliphatic carbocycles. The van der Waals surface area contributed by atoms with Gasteiger partial charge in [-0.25, -0.2) is 0 Å². The van der Waals surface area contributed by atoms with E-state index in [1.54, 1.807) is 7.11 Å². The molecule has 1 aromatic carbocycles. The smallest absolute Gasteiger partial charge is 0.303 e. The van der Waals surface area contributed by atoms with Crippen molar-refractivity contribution >= 4 is 28.4 Å². The number of allylic oxidation sites excluding steroid dienone is 1. The minimum absolute atomic E-state index is 0.0407. The van der Waals surface area contributed by atoms with Crippen molar-refractivity contribution in [1.82, 2.24) is 5.32 Å². The lowest BCUT2D eigenvalue weighted by molar-refractivity contribution is -0.137. The topological polar surface area (TPSA) is 88.8 Å². The molecule has 1 aromatic heterocycles. The first-order valence-electron chi connectivity index (χ1n) is 9.30. The number of carboxylic acid groups (broad SMARTS) is 1. The van der Waals surface area contributed by atoms with Crippen molar-refractivity contribution < 1.29 is 23.8 Å². The zero-order valence-electron chi connectivity index (χ0n) is 15.8. The van der Waals surface area contributed by atoms with Crippen LogP contribution in [-0.4, -0.2) is 30.6 Å². The Labute approximate surface area is 158 Å². The van der Waals surface area contributed by atoms with Crippen molar-refractivity contribution in [2.45, 2.75) is 45.4 Å². The first-order valence-corrected chi connectivity index (χ1v) is 9.30. The number of hydrogen-bond acceptors (Lipinski definition) is 4. The zero-order chi connectivity index (χ0) is 19.4. The third-order valence-corrected chi connectivity index (χ3v) is 4.92. The normalized spacial score (nSPS) is 14.1. The highest BCUT2D eigenvalue weighted by atomic mass is 16.5. The Morgan fingerprint density at radius 1 is 1.30 bits per heavy atom. The number of benzene rings is 1. The summed E-state index contributed by atoms with van der Waals surface area (Å²) in [7, 11) is 1.60. The van der Waals surface area contributed by atoms with Crippen LogP contribution in [0.1, 0.15) is 49.5 Å². The number of furan rings is 1. The number of carbonyl (C=O) groups is 2. The zero-order valence-corrected chi connectivity index (χ0v) is 15.8. The summed E-state index contributed by atoms with van der Waals surface area (Å²) in [6.07, 6.45) is 6.27. The molecule has 0 radical (unpaired) electrons. The fraction of sp³-hybridized carbons (Fsp3) is 0.429. The van der Waals surface area contributed by atoms with Gasteiger partial charge in [0, 0.05) is 48.0 Å². The largest absolute Gasteiger partial charge is 0.496 e. The number of ether oxygens (including phenoxy) is 1. The Balaban J connectivity index is 1.83. The Morgan fingerprint density at radius 2 is 2.07 bits per heavy atom. The predicted molar refractivity (Wildman–Crippen MR) is 103 cm³/mol. The molecule has 1 amide bonds. The van der Waals surface area contributed by atoms with Gasteiger partial charge in [-0.2, -0.15) is 0 Å². The SMILES string of the molecule is COc1cc2oc3c(c2cc1/C(C)=C/C(=O)NCCCC(=O)O)CCCC3. The van der Waals surface area contributed by atoms with E-state index in [4.69, 9.17) is 14.3 Å². The molecule has 0 spiro atoms. The number of nitrogens with one attached hydrogen (secondary N) is 1. The highest BCUT2D eigenvalue weighted by molar-refractivity contribution is 5.97. The lowest BCUT2D eigenvalue weighted by Gasteiger charge is -2.11. The Bertz CT molecular complexity index is 894. The molecule has 0 atom stereocenters. The maximum absolute atomic E-state index is 12.1. The maximum Gasteiger partial charge on any atom is 0.303 e. The number of aliphatic carboxylic acids is 1. The minimum atomic E-state index is -0.863. The molecule has 0 fully saturated rings. The van der Waals surface area contributed by atoms with Crippen LogP contribution in [0.25, 0.3) is 16.5 Å². The fourth-order valence-corrected chi connectivity index (χ4v) is 3.54. The third kappa shape index (κ3) is 4.32. The minimum Gasteiger partial charge on any atom is -0.496 e. The van der Waals surface area contributed by atoms with Gasteiger partial charge < -0.3 is 19.6 Å². The van der Waals surface area contributed by atoms with Gasteiger partial charge in [0.15, 0.2) is 0 Å². The van der Waals surface area contributed by atoms with Gasteiger partial charge in [0.05, 0.1) is 7.11 Å². The van der Waals surface area contributed by atoms with Crippen molar-refractivity contribution in [3.05, 3.63) is 35.1 Å². The van der Waals surface area contributed by atoms with Crippen molar-refractivity contribution in [3.63, 3.8) is 0 Å². The summed E-state index contributed by atoms with van der Waals surface area (Å²) in [4.78, 5) is 22.6. The average Bonchev–Trinajstić information content (AvgIpc) is 3.01. The summed E-state index contributed by atoms with van der Waals surface area (Å²) in [5.74, 6) is 0.626. The second-order valence-electron chi connectivity index (χ2n) is 6.88. The van der Waals surface area contributed by atoms with Crippen LogP contribution in [0.4, 0.5) is 0 Å². The van der Waals surface area contributed by atoms with Crippen molar-refractivity contribution in [3.8, 4) is 5.75 Å². The van der Waals surface area contributed by atoms with Crippen LogP contribution in [-0.2, 0) is 22.4 Å². The van der Waals surface area contributed by atoms with Crippen molar-refractivity contribution in [2.75, 3.05) is 13.7 Å². The number of aryl methyl sites for hydroxylation is 2. The summed E-state index contributed by atoms with van der Waals surface area (Å²) >= 11 is 0. The van der Waals surface area contributed by atoms with Gasteiger partial charge in [-0.15, -0.1) is 0 Å². The monoisotopic (exact) mass is 371 g/mol. The third-order valence-electron chi connectivity index (χ3n) is 4.92. The highest BCUT2D eigenvalue weighted by Gasteiger charge is 2.20. The van der Waals surface area contributed by atoms with Crippen LogP contribution in [0.5, 0.6) is 5.75 Å². The molecule has 2 N–H and O–H groups in total. The lowest BCUT2D eigenvalue weighted by Crippen LogP contribution is -2.23. The van der Waals surface area contributed by atoms with Gasteiger partial charge in [-0.05, 0) is 44.2 Å². The Hall–Kier alpha value is -2.76. The molecule has 0 unspecified atom stereocenters. The van der Waals surface area contributed by atoms with Gasteiger partial charge in [0.25, 0.3) is 0 Å². The van der Waals surface area contributed by atoms with E-state index in [0.717, 1.165) is 53.5 Å². The molecule has 6 nitrogen and oxygen atoms in total. The molecule has 0 saturated carbocycles. The molecule has 0 saturated heterocycles. The molecular weight excluding hydrogens is 346 g/mol. The van der Waals surface area contributed by atoms with Gasteiger partial charge in [0.2, 0.25) is 5.91 Å². The molecule has 2 aromatic rings. The van der Waals surface area contributed by atoms with Crippen LogP contribution in [0.3, 0.4) is 0 Å². The van der Waals surface area contributed by atoms with Crippen LogP contribution < -0.4 is 10.1 Å². The predicted octanol–water partition coefficient (Wildman–Crippen LogP) is 3.70. The van der Waals surface area contributed by atoms with E-state index in [0.29, 0.717) is 18.7 Å². The summed E-state index contributed by atoms with van der Waals surface area (Å²) in [5, 5.41) is 12.5. The van der Waals surface area contributed by atoms with E-state index in [1.807, 2.05) is 19.1 Å². The number of carbonyl (C=O) groups excluding carboxylic acids is 1. The summed E-state index contributed by atoms with van der Waals surface area (Å²) in [6, 6.07) is 3.94. The van der Waals surface area contributed by atoms with E-state index in [9.17, 15) is 9.59 Å². The summed E-state index contributed by atoms with van der Waals surface area (Å²) in [6.45, 7) is 2.20. The fourth-order valence-electron chi connectivity index (χ4n) is 3.54. The number of carboxylic acids is 1. The molecule has 6 heteroatoms. The van der Waals surface area contributed by atoms with E-state index >= 15 is 0 Å². The number of fused-ring (bicyclic) bond motifs is 3. The Morgan fingerprint density at radius 3 is 2.81 bits per heavy atom. The Kier molecular flexibility index (Phi) is 5.84. The lowest BCUT2D eigenvalue weighted by atomic mass is 9.94. The first-order chi connectivity index (χ1) is 13.0. The van der Waals surface area contributed by atoms with Crippen molar-refractivity contribution in [1.29, 1.82) is 0 Å². The number of hydrogen-bond donors (Lipinski definition) is 2. The van der Waals surface area contributed by atoms with Gasteiger partial charge in [0.1, 0.15) is 17.1 Å². The second kappa shape index (κ2) is 8.29. The molecule has 3 rings (SSSR count). The van der Waals surface area contributed by atoms with E-state index in [-0.39, 0.29) is 12.3 Å². The summed E-state index contributed by atoms with van der Waals surface area (Å²) < 4.78 is 11.5. The average molecular weight is 371 g/mol. The van der Waals surface area contributed by atoms with Crippen molar-refractivity contribution in [2.24, 2.45) is 0 Å². The van der Waals surface area contributed by atoms with E-state index in [2.05, 4.69) is 5.32 Å². The summed E-state index contributed by atoms with van der Waals surface area (Å²) in [5.41, 5.74) is 3.75. The molecule has 1 aliphatic rings. The first kappa shape index (κ1) is 19.0. The van der Waals surface area contributed by atoms with Crippen LogP contribution >= 0.6 is 0 Å². The molecule has 0 bridgehead atoms. The van der Waals surface area contributed by atoms with Gasteiger partial charge in [-0.1, -0.05) is 0 Å². The number of methoxy groups -OCH3 is 1. The van der Waals surface area contributed by atoms with E-state index < -0.39 is 5.97 Å². The van der Waals surface area contributed by atoms with Crippen LogP contribution in [0.2, 0.25) is 0 Å². The molecule has 27 heavy (non-hydrogen) atoms. The maximum atomic E-state index is 12.1. The highest BCUT2D eigenvalue weighted by Crippen LogP contribution is 2.37. The number of amides is 1. The second-order valence-corrected chi connectivity index (χ2v) is 6.88. The molecule has 144 valence electrons. The van der Waals surface area contributed by atoms with Crippen LogP contribution in [0.15, 0.2) is 22.6 Å². The quantitative estimate of drug-likeness (QED) is 0.572. The van der Waals surface area contributed by atoms with E-state index in [1.165, 1.54) is 11.6 Å². The van der Waals surface area contributed by atoms with Crippen LogP contribution in [0, 0.1) is 0 Å². The standard InChI is InChI=1S/C21H25NO5/c1-13(10-20(23)22-9-5-8-21(24)25)15-11-16-14-6-3-4-7-17(14)27-19(16)12-18(15)26-2/h10-12H,3-9H2,1-2H3,(H,22,23)(H,24,25)/b13-10+. The molecule has 0 aliphatic heterocycles. The molecule has 1 heterocycles. The molecular formula is C21H25NO5. The van der Waals surface area contributed by atoms with Gasteiger partial charge >= 0.3 is 5.97 Å². The van der Waals surface area contributed by atoms with Gasteiger partial charge in [-0.3, -0.25) is 9.59 Å².